The Morgan fingerprint density at radius 3 is 2.54 bits per heavy atom. The number of anilines is 1. The van der Waals surface area contributed by atoms with Gasteiger partial charge in [-0.1, -0.05) is 25.1 Å². The van der Waals surface area contributed by atoms with Crippen LogP contribution in [0.1, 0.15) is 28.4 Å². The van der Waals surface area contributed by atoms with Crippen molar-refractivity contribution in [2.45, 2.75) is 25.2 Å². The van der Waals surface area contributed by atoms with E-state index < -0.39 is 28.5 Å². The molecule has 2 aromatic rings. The molecule has 0 heterocycles. The molecular formula is C18H20N2O5S. The second kappa shape index (κ2) is 8.11. The summed E-state index contributed by atoms with van der Waals surface area (Å²) < 4.78 is 28.0. The van der Waals surface area contributed by atoms with Crippen LogP contribution in [0.2, 0.25) is 0 Å². The summed E-state index contributed by atoms with van der Waals surface area (Å²) in [6.07, 6.45) is 0.832. The molecule has 0 saturated heterocycles. The van der Waals surface area contributed by atoms with E-state index in [-0.39, 0.29) is 10.5 Å². The van der Waals surface area contributed by atoms with Gasteiger partial charge >= 0.3 is 5.97 Å². The first-order valence-corrected chi connectivity index (χ1v) is 9.44. The Kier molecular flexibility index (Phi) is 6.12. The molecule has 0 unspecified atom stereocenters. The van der Waals surface area contributed by atoms with Gasteiger partial charge in [-0.05, 0) is 48.7 Å². The number of sulfonamides is 1. The number of primary sulfonamides is 1. The van der Waals surface area contributed by atoms with E-state index in [0.29, 0.717) is 11.3 Å². The number of ether oxygens (including phenoxy) is 1. The van der Waals surface area contributed by atoms with Crippen molar-refractivity contribution in [2.24, 2.45) is 5.14 Å². The van der Waals surface area contributed by atoms with Gasteiger partial charge in [0, 0.05) is 5.69 Å². The van der Waals surface area contributed by atoms with Crippen LogP contribution in [-0.4, -0.2) is 26.9 Å². The van der Waals surface area contributed by atoms with Crippen molar-refractivity contribution in [2.75, 3.05) is 11.9 Å². The van der Waals surface area contributed by atoms with Crippen molar-refractivity contribution in [1.29, 1.82) is 0 Å². The largest absolute Gasteiger partial charge is 0.452 e. The van der Waals surface area contributed by atoms with Crippen molar-refractivity contribution in [3.63, 3.8) is 0 Å². The Hall–Kier alpha value is -2.71. The van der Waals surface area contributed by atoms with E-state index in [1.165, 1.54) is 12.1 Å². The lowest BCUT2D eigenvalue weighted by Crippen LogP contribution is -2.21. The van der Waals surface area contributed by atoms with Gasteiger partial charge in [0.05, 0.1) is 10.5 Å². The number of nitrogens with two attached hydrogens (primary N) is 1. The van der Waals surface area contributed by atoms with Crippen LogP contribution in [0.4, 0.5) is 5.69 Å². The van der Waals surface area contributed by atoms with Crippen LogP contribution in [0, 0.1) is 6.92 Å². The molecule has 0 fully saturated rings. The lowest BCUT2D eigenvalue weighted by molar-refractivity contribution is -0.119. The summed E-state index contributed by atoms with van der Waals surface area (Å²) in [6.45, 7) is 3.07. The summed E-state index contributed by atoms with van der Waals surface area (Å²) in [7, 11) is -3.96. The molecular weight excluding hydrogens is 356 g/mol. The lowest BCUT2D eigenvalue weighted by atomic mass is 10.1. The van der Waals surface area contributed by atoms with Gasteiger partial charge in [0.25, 0.3) is 5.91 Å². The molecule has 0 radical (unpaired) electrons. The third-order valence-electron chi connectivity index (χ3n) is 3.68. The highest BCUT2D eigenvalue weighted by Gasteiger charge is 2.17. The van der Waals surface area contributed by atoms with Crippen molar-refractivity contribution < 1.29 is 22.7 Å². The van der Waals surface area contributed by atoms with Crippen LogP contribution in [0.3, 0.4) is 0 Å². The minimum atomic E-state index is -3.96. The predicted octanol–water partition coefficient (Wildman–Crippen LogP) is 2.00. The van der Waals surface area contributed by atoms with Crippen LogP contribution in [0.5, 0.6) is 0 Å². The maximum Gasteiger partial charge on any atom is 0.338 e. The molecule has 0 aliphatic heterocycles. The van der Waals surface area contributed by atoms with Crippen molar-refractivity contribution in [3.05, 3.63) is 59.2 Å². The fourth-order valence-electron chi connectivity index (χ4n) is 2.31. The van der Waals surface area contributed by atoms with Gasteiger partial charge in [0.15, 0.2) is 6.61 Å². The number of rotatable bonds is 6. The maximum atomic E-state index is 12.1. The number of esters is 1. The Balaban J connectivity index is 2.01. The zero-order chi connectivity index (χ0) is 19.3. The summed E-state index contributed by atoms with van der Waals surface area (Å²) in [6, 6.07) is 11.3. The second-order valence-electron chi connectivity index (χ2n) is 5.70. The molecule has 2 aromatic carbocycles. The molecule has 0 aromatic heterocycles. The van der Waals surface area contributed by atoms with Crippen molar-refractivity contribution >= 4 is 27.6 Å². The average Bonchev–Trinajstić information content (AvgIpc) is 2.59. The average molecular weight is 376 g/mol. The van der Waals surface area contributed by atoms with E-state index in [2.05, 4.69) is 5.32 Å². The number of nitrogens with one attached hydrogen (secondary N) is 1. The molecule has 7 nitrogen and oxygen atoms in total. The summed E-state index contributed by atoms with van der Waals surface area (Å²) in [5.74, 6) is -1.31. The van der Waals surface area contributed by atoms with Gasteiger partial charge < -0.3 is 10.1 Å². The number of amides is 1. The van der Waals surface area contributed by atoms with Crippen LogP contribution in [-0.2, 0) is 26.0 Å². The molecule has 1 amide bonds. The van der Waals surface area contributed by atoms with E-state index >= 15 is 0 Å². The van der Waals surface area contributed by atoms with Gasteiger partial charge in [-0.2, -0.15) is 0 Å². The first-order chi connectivity index (χ1) is 12.2. The minimum absolute atomic E-state index is 0.000375. The number of hydrogen-bond donors (Lipinski definition) is 2. The van der Waals surface area contributed by atoms with Gasteiger partial charge in [0.1, 0.15) is 0 Å². The molecule has 3 N–H and O–H groups in total. The third kappa shape index (κ3) is 5.14. The minimum Gasteiger partial charge on any atom is -0.452 e. The van der Waals surface area contributed by atoms with Gasteiger partial charge in [0.2, 0.25) is 10.0 Å². The molecule has 0 aliphatic carbocycles. The number of hydrogen-bond acceptors (Lipinski definition) is 5. The lowest BCUT2D eigenvalue weighted by Gasteiger charge is -2.09. The summed E-state index contributed by atoms with van der Waals surface area (Å²) >= 11 is 0. The van der Waals surface area contributed by atoms with E-state index in [0.717, 1.165) is 18.1 Å². The summed E-state index contributed by atoms with van der Waals surface area (Å²) in [4.78, 5) is 23.8. The van der Waals surface area contributed by atoms with Crippen LogP contribution < -0.4 is 10.5 Å². The van der Waals surface area contributed by atoms with Gasteiger partial charge in [-0.3, -0.25) is 4.79 Å². The molecule has 138 valence electrons. The van der Waals surface area contributed by atoms with Gasteiger partial charge in [-0.15, -0.1) is 0 Å². The monoisotopic (exact) mass is 376 g/mol. The Labute approximate surface area is 152 Å². The van der Waals surface area contributed by atoms with E-state index in [4.69, 9.17) is 9.88 Å². The third-order valence-corrected chi connectivity index (χ3v) is 4.74. The summed E-state index contributed by atoms with van der Waals surface area (Å²) in [5, 5.41) is 7.75. The molecule has 2 rings (SSSR count). The number of carbonyl (C=O) groups excluding carboxylic acids is 2. The fraction of sp³-hybridized carbons (Fsp3) is 0.222. The molecule has 26 heavy (non-hydrogen) atoms. The predicted molar refractivity (Wildman–Crippen MR) is 97.3 cm³/mol. The molecule has 0 spiro atoms. The molecule has 0 aliphatic rings. The zero-order valence-corrected chi connectivity index (χ0v) is 15.3. The second-order valence-corrected chi connectivity index (χ2v) is 7.23. The first kappa shape index (κ1) is 19.6. The normalized spacial score (nSPS) is 11.0. The Morgan fingerprint density at radius 2 is 1.88 bits per heavy atom. The van der Waals surface area contributed by atoms with Crippen LogP contribution in [0.15, 0.2) is 47.4 Å². The van der Waals surface area contributed by atoms with E-state index in [1.54, 1.807) is 13.0 Å². The number of carbonyl (C=O) groups is 2. The summed E-state index contributed by atoms with van der Waals surface area (Å²) in [5.41, 5.74) is 2.09. The maximum absolute atomic E-state index is 12.1. The molecule has 8 heteroatoms. The van der Waals surface area contributed by atoms with Crippen LogP contribution >= 0.6 is 0 Å². The zero-order valence-electron chi connectivity index (χ0n) is 14.5. The van der Waals surface area contributed by atoms with Crippen LogP contribution in [0.25, 0.3) is 0 Å². The number of aryl methyl sites for hydroxylation is 2. The molecule has 0 bridgehead atoms. The number of benzene rings is 2. The van der Waals surface area contributed by atoms with E-state index in [1.807, 2.05) is 25.1 Å². The SMILES string of the molecule is CCc1cccc(NC(=O)COC(=O)c2ccc(C)c(S(N)(=O)=O)c2)c1. The highest BCUT2D eigenvalue weighted by molar-refractivity contribution is 7.89. The smallest absolute Gasteiger partial charge is 0.338 e. The fourth-order valence-corrected chi connectivity index (χ4v) is 3.12. The first-order valence-electron chi connectivity index (χ1n) is 7.90. The quantitative estimate of drug-likeness (QED) is 0.748. The van der Waals surface area contributed by atoms with E-state index in [9.17, 15) is 18.0 Å². The standard InChI is InChI=1S/C18H20N2O5S/c1-3-13-5-4-6-15(9-13)20-17(21)11-25-18(22)14-8-7-12(2)16(10-14)26(19,23)24/h4-10H,3,11H2,1-2H3,(H,20,21)(H2,19,23,24). The highest BCUT2D eigenvalue weighted by Crippen LogP contribution is 2.16. The van der Waals surface area contributed by atoms with Gasteiger partial charge in [-0.25, -0.2) is 18.4 Å². The highest BCUT2D eigenvalue weighted by atomic mass is 32.2. The van der Waals surface area contributed by atoms with Crippen molar-refractivity contribution in [3.8, 4) is 0 Å². The Bertz CT molecular complexity index is 938. The van der Waals surface area contributed by atoms with Crippen molar-refractivity contribution in [1.82, 2.24) is 0 Å². The Morgan fingerprint density at radius 1 is 1.15 bits per heavy atom. The topological polar surface area (TPSA) is 116 Å². The molecule has 0 atom stereocenters. The molecule has 0 saturated carbocycles.